The topological polar surface area (TPSA) is 78.8 Å². The number of hydrogen-bond acceptors (Lipinski definition) is 6. The monoisotopic (exact) mass is 475 g/mol. The molecule has 1 heterocycles. The van der Waals surface area contributed by atoms with Crippen molar-refractivity contribution in [2.24, 2.45) is 5.92 Å². The molecule has 0 bridgehead atoms. The van der Waals surface area contributed by atoms with Crippen LogP contribution in [0, 0.1) is 5.92 Å². The van der Waals surface area contributed by atoms with E-state index in [1.165, 1.54) is 11.3 Å². The lowest BCUT2D eigenvalue weighted by Crippen LogP contribution is -2.25. The van der Waals surface area contributed by atoms with Gasteiger partial charge in [0.1, 0.15) is 23.9 Å². The van der Waals surface area contributed by atoms with Crippen LogP contribution in [-0.2, 0) is 0 Å². The molecular weight excluding hydrogens is 446 g/mol. The second-order valence-corrected chi connectivity index (χ2v) is 9.51. The van der Waals surface area contributed by atoms with Crippen LogP contribution in [0.25, 0.3) is 20.5 Å². The minimum Gasteiger partial charge on any atom is -0.508 e. The first-order valence-corrected chi connectivity index (χ1v) is 12.3. The van der Waals surface area contributed by atoms with Crippen LogP contribution in [0.15, 0.2) is 66.7 Å². The number of ketones is 1. The molecule has 1 aromatic heterocycles. The highest BCUT2D eigenvalue weighted by molar-refractivity contribution is 7.22. The first kappa shape index (κ1) is 23.8. The van der Waals surface area contributed by atoms with E-state index in [1.54, 1.807) is 54.6 Å². The number of nitrogens with one attached hydrogen (secondary N) is 1. The summed E-state index contributed by atoms with van der Waals surface area (Å²) in [5, 5.41) is 23.8. The highest BCUT2D eigenvalue weighted by Crippen LogP contribution is 2.41. The molecule has 176 valence electrons. The van der Waals surface area contributed by atoms with Crippen LogP contribution in [0.1, 0.15) is 36.2 Å². The van der Waals surface area contributed by atoms with Gasteiger partial charge < -0.3 is 20.3 Å². The first-order chi connectivity index (χ1) is 16.5. The van der Waals surface area contributed by atoms with E-state index in [0.29, 0.717) is 23.7 Å². The van der Waals surface area contributed by atoms with E-state index in [1.807, 2.05) is 12.1 Å². The summed E-state index contributed by atoms with van der Waals surface area (Å²) in [5.74, 6) is 1.60. The maximum atomic E-state index is 13.6. The quantitative estimate of drug-likeness (QED) is 0.187. The molecule has 0 fully saturated rings. The first-order valence-electron chi connectivity index (χ1n) is 11.5. The molecular formula is C28H29NO4S. The summed E-state index contributed by atoms with van der Waals surface area (Å²) in [6, 6.07) is 19.1. The van der Waals surface area contributed by atoms with E-state index < -0.39 is 0 Å². The molecule has 34 heavy (non-hydrogen) atoms. The van der Waals surface area contributed by atoms with Crippen molar-refractivity contribution in [1.82, 2.24) is 5.32 Å². The average molecular weight is 476 g/mol. The Balaban J connectivity index is 1.55. The summed E-state index contributed by atoms with van der Waals surface area (Å²) in [5.41, 5.74) is 2.00. The van der Waals surface area contributed by atoms with Crippen LogP contribution in [0.2, 0.25) is 0 Å². The fourth-order valence-electron chi connectivity index (χ4n) is 3.71. The van der Waals surface area contributed by atoms with Crippen LogP contribution in [-0.4, -0.2) is 35.7 Å². The Labute approximate surface area is 203 Å². The normalized spacial score (nSPS) is 12.1. The summed E-state index contributed by atoms with van der Waals surface area (Å²) in [6.45, 7) is 6.71. The number of aromatic hydroxyl groups is 2. The molecule has 4 rings (SSSR count). The fourth-order valence-corrected chi connectivity index (χ4v) is 4.95. The van der Waals surface area contributed by atoms with Gasteiger partial charge in [-0.1, -0.05) is 20.3 Å². The molecule has 0 radical (unpaired) electrons. The Hall–Kier alpha value is -3.35. The zero-order valence-corrected chi connectivity index (χ0v) is 20.2. The van der Waals surface area contributed by atoms with Gasteiger partial charge >= 0.3 is 0 Å². The molecule has 0 amide bonds. The van der Waals surface area contributed by atoms with Crippen molar-refractivity contribution in [1.29, 1.82) is 0 Å². The molecule has 1 unspecified atom stereocenters. The van der Waals surface area contributed by atoms with Crippen LogP contribution in [0.5, 0.6) is 17.2 Å². The SMILES string of the molecule is CCC(C)CNCCOc1ccc(C(=O)c2c(-c3ccc(O)cc3)sc3cc(O)ccc23)cc1. The van der Waals surface area contributed by atoms with Crippen LogP contribution < -0.4 is 10.1 Å². The Kier molecular flexibility index (Phi) is 7.50. The molecule has 5 nitrogen and oxygen atoms in total. The lowest BCUT2D eigenvalue weighted by Gasteiger charge is -2.11. The van der Waals surface area contributed by atoms with Crippen LogP contribution >= 0.6 is 11.3 Å². The van der Waals surface area contributed by atoms with Gasteiger partial charge in [0, 0.05) is 32.6 Å². The molecule has 4 aromatic rings. The number of rotatable bonds is 10. The standard InChI is InChI=1S/C28H29NO4S/c1-3-18(2)17-29-14-15-33-23-11-6-19(7-12-23)27(32)26-24-13-10-22(31)16-25(24)34-28(26)20-4-8-21(30)9-5-20/h4-13,16,18,29-31H,3,14-15,17H2,1-2H3. The molecule has 0 aliphatic heterocycles. The number of ether oxygens (including phenoxy) is 1. The zero-order valence-electron chi connectivity index (χ0n) is 19.4. The number of carbonyl (C=O) groups is 1. The maximum Gasteiger partial charge on any atom is 0.195 e. The van der Waals surface area contributed by atoms with E-state index in [4.69, 9.17) is 4.74 Å². The van der Waals surface area contributed by atoms with Gasteiger partial charge in [-0.25, -0.2) is 0 Å². The molecule has 1 atom stereocenters. The largest absolute Gasteiger partial charge is 0.508 e. The molecule has 3 N–H and O–H groups in total. The van der Waals surface area contributed by atoms with Gasteiger partial charge in [-0.2, -0.15) is 0 Å². The number of phenolic OH excluding ortho intramolecular Hbond substituents is 2. The number of carbonyl (C=O) groups excluding carboxylic acids is 1. The maximum absolute atomic E-state index is 13.6. The van der Waals surface area contributed by atoms with Gasteiger partial charge in [-0.05, 0) is 84.8 Å². The summed E-state index contributed by atoms with van der Waals surface area (Å²) in [6.07, 6.45) is 1.15. The summed E-state index contributed by atoms with van der Waals surface area (Å²) < 4.78 is 6.64. The van der Waals surface area contributed by atoms with E-state index in [0.717, 1.165) is 45.8 Å². The molecule has 0 aliphatic carbocycles. The third-order valence-corrected chi connectivity index (χ3v) is 7.09. The van der Waals surface area contributed by atoms with Gasteiger partial charge in [0.15, 0.2) is 5.78 Å². The molecule has 0 saturated carbocycles. The van der Waals surface area contributed by atoms with Gasteiger partial charge in [-0.3, -0.25) is 4.79 Å². The van der Waals surface area contributed by atoms with Gasteiger partial charge in [0.2, 0.25) is 0 Å². The van der Waals surface area contributed by atoms with E-state index in [2.05, 4.69) is 19.2 Å². The van der Waals surface area contributed by atoms with Crippen molar-refractivity contribution in [2.75, 3.05) is 19.7 Å². The van der Waals surface area contributed by atoms with E-state index >= 15 is 0 Å². The second kappa shape index (κ2) is 10.7. The predicted octanol–water partition coefficient (Wildman–Crippen LogP) is 6.23. The Morgan fingerprint density at radius 3 is 2.41 bits per heavy atom. The lowest BCUT2D eigenvalue weighted by atomic mass is 9.97. The van der Waals surface area contributed by atoms with Gasteiger partial charge in [0.05, 0.1) is 0 Å². The summed E-state index contributed by atoms with van der Waals surface area (Å²) in [7, 11) is 0. The van der Waals surface area contributed by atoms with Crippen LogP contribution in [0.3, 0.4) is 0 Å². The lowest BCUT2D eigenvalue weighted by molar-refractivity contribution is 0.104. The highest BCUT2D eigenvalue weighted by atomic mass is 32.1. The van der Waals surface area contributed by atoms with Crippen molar-refractivity contribution < 1.29 is 19.7 Å². The minimum atomic E-state index is -0.0956. The second-order valence-electron chi connectivity index (χ2n) is 8.45. The third-order valence-electron chi connectivity index (χ3n) is 5.88. The number of phenols is 2. The summed E-state index contributed by atoms with van der Waals surface area (Å²) in [4.78, 5) is 14.4. The molecule has 6 heteroatoms. The molecule has 0 spiro atoms. The smallest absolute Gasteiger partial charge is 0.195 e. The fraction of sp³-hybridized carbons (Fsp3) is 0.250. The average Bonchev–Trinajstić information content (AvgIpc) is 3.22. The van der Waals surface area contributed by atoms with Crippen molar-refractivity contribution >= 4 is 27.2 Å². The van der Waals surface area contributed by atoms with Crippen molar-refractivity contribution in [3.8, 4) is 27.7 Å². The Morgan fingerprint density at radius 2 is 1.71 bits per heavy atom. The third kappa shape index (κ3) is 5.41. The molecule has 0 aliphatic rings. The summed E-state index contributed by atoms with van der Waals surface area (Å²) >= 11 is 1.45. The van der Waals surface area contributed by atoms with E-state index in [-0.39, 0.29) is 17.3 Å². The molecule has 3 aromatic carbocycles. The minimum absolute atomic E-state index is 0.0956. The van der Waals surface area contributed by atoms with Crippen molar-refractivity contribution in [3.05, 3.63) is 77.9 Å². The predicted molar refractivity (Wildman–Crippen MR) is 138 cm³/mol. The van der Waals surface area contributed by atoms with Gasteiger partial charge in [-0.15, -0.1) is 11.3 Å². The molecule has 0 saturated heterocycles. The number of benzene rings is 3. The number of hydrogen-bond donors (Lipinski definition) is 3. The highest BCUT2D eigenvalue weighted by Gasteiger charge is 2.22. The zero-order chi connectivity index (χ0) is 24.1. The number of thiophene rings is 1. The van der Waals surface area contributed by atoms with Crippen molar-refractivity contribution in [3.63, 3.8) is 0 Å². The van der Waals surface area contributed by atoms with Crippen molar-refractivity contribution in [2.45, 2.75) is 20.3 Å². The Bertz CT molecular complexity index is 1260. The number of fused-ring (bicyclic) bond motifs is 1. The van der Waals surface area contributed by atoms with Gasteiger partial charge in [0.25, 0.3) is 0 Å². The van der Waals surface area contributed by atoms with Crippen LogP contribution in [0.4, 0.5) is 0 Å². The Morgan fingerprint density at radius 1 is 1.00 bits per heavy atom. The van der Waals surface area contributed by atoms with E-state index in [9.17, 15) is 15.0 Å².